The fraction of sp³-hybridized carbons (Fsp3) is 0.143. The number of H-pyrrole nitrogens is 1. The van der Waals surface area contributed by atoms with E-state index >= 15 is 0 Å². The van der Waals surface area contributed by atoms with Gasteiger partial charge in [0, 0.05) is 6.20 Å². The van der Waals surface area contributed by atoms with Crippen molar-refractivity contribution in [2.45, 2.75) is 6.43 Å². The molecule has 0 atom stereocenters. The maximum Gasteiger partial charge on any atom is 0.267 e. The second kappa shape index (κ2) is 4.06. The molecule has 1 aromatic heterocycles. The maximum atomic E-state index is 12.4. The number of rotatable bonds is 2. The summed E-state index contributed by atoms with van der Waals surface area (Å²) in [6, 6.07) is 0. The van der Waals surface area contributed by atoms with Gasteiger partial charge in [0.25, 0.3) is 17.2 Å². The normalized spacial score (nSPS) is 10.6. The van der Waals surface area contributed by atoms with Crippen molar-refractivity contribution < 1.29 is 13.6 Å². The second-order valence-electron chi connectivity index (χ2n) is 2.33. The van der Waals surface area contributed by atoms with E-state index in [-0.39, 0.29) is 0 Å². The number of carbonyl (C=O) groups is 1. The van der Waals surface area contributed by atoms with Gasteiger partial charge in [-0.1, -0.05) is 11.6 Å². The zero-order valence-electron chi connectivity index (χ0n) is 6.48. The Morgan fingerprint density at radius 1 is 1.50 bits per heavy atom. The minimum Gasteiger partial charge on any atom is -0.327 e. The van der Waals surface area contributed by atoms with Crippen molar-refractivity contribution in [1.29, 1.82) is 0 Å². The summed E-state index contributed by atoms with van der Waals surface area (Å²) in [4.78, 5) is 23.5. The van der Waals surface area contributed by atoms with Gasteiger partial charge >= 0.3 is 0 Å². The fourth-order valence-electron chi connectivity index (χ4n) is 0.895. The Hall–Kier alpha value is -0.940. The monoisotopic (exact) mass is 241 g/mol. The van der Waals surface area contributed by atoms with Crippen LogP contribution in [0.25, 0.3) is 0 Å². The molecular weight excluding hydrogens is 239 g/mol. The van der Waals surface area contributed by atoms with E-state index in [9.17, 15) is 18.4 Å². The molecule has 1 heterocycles. The number of aromatic nitrogens is 1. The highest BCUT2D eigenvalue weighted by Gasteiger charge is 2.22. The molecule has 14 heavy (non-hydrogen) atoms. The lowest BCUT2D eigenvalue weighted by Crippen LogP contribution is -2.13. The highest BCUT2D eigenvalue weighted by Crippen LogP contribution is 2.28. The van der Waals surface area contributed by atoms with Crippen LogP contribution >= 0.6 is 23.2 Å². The molecular formula is C7H3Cl2F2NO2. The summed E-state index contributed by atoms with van der Waals surface area (Å²) in [5.41, 5.74) is -2.22. The third kappa shape index (κ3) is 1.93. The predicted molar refractivity (Wildman–Crippen MR) is 47.2 cm³/mol. The summed E-state index contributed by atoms with van der Waals surface area (Å²) in [7, 11) is 0. The smallest absolute Gasteiger partial charge is 0.267 e. The molecule has 1 aromatic rings. The summed E-state index contributed by atoms with van der Waals surface area (Å²) >= 11 is 10.3. The van der Waals surface area contributed by atoms with Crippen molar-refractivity contribution in [2.75, 3.05) is 0 Å². The first kappa shape index (κ1) is 11.1. The van der Waals surface area contributed by atoms with E-state index in [0.29, 0.717) is 0 Å². The van der Waals surface area contributed by atoms with Crippen molar-refractivity contribution in [3.63, 3.8) is 0 Å². The van der Waals surface area contributed by atoms with Crippen LogP contribution in [-0.4, -0.2) is 10.2 Å². The molecule has 0 amide bonds. The van der Waals surface area contributed by atoms with Crippen molar-refractivity contribution in [1.82, 2.24) is 4.98 Å². The number of pyridine rings is 1. The number of nitrogens with one attached hydrogen (secondary N) is 1. The van der Waals surface area contributed by atoms with E-state index < -0.39 is 33.4 Å². The van der Waals surface area contributed by atoms with Gasteiger partial charge in [-0.3, -0.25) is 9.59 Å². The third-order valence-corrected chi connectivity index (χ3v) is 2.08. The van der Waals surface area contributed by atoms with E-state index in [1.54, 1.807) is 0 Å². The van der Waals surface area contributed by atoms with Crippen LogP contribution in [0.3, 0.4) is 0 Å². The number of hydrogen-bond donors (Lipinski definition) is 1. The lowest BCUT2D eigenvalue weighted by Gasteiger charge is -2.05. The average molecular weight is 242 g/mol. The second-order valence-corrected chi connectivity index (χ2v) is 3.05. The Balaban J connectivity index is 3.53. The molecule has 76 valence electrons. The SMILES string of the molecule is O=C(Cl)c1c[nH]c(=O)c(Cl)c1C(F)F. The molecule has 0 fully saturated rings. The van der Waals surface area contributed by atoms with Crippen LogP contribution in [0.5, 0.6) is 0 Å². The van der Waals surface area contributed by atoms with Crippen LogP contribution in [-0.2, 0) is 0 Å². The maximum absolute atomic E-state index is 12.4. The number of alkyl halides is 2. The zero-order valence-corrected chi connectivity index (χ0v) is 7.99. The quantitative estimate of drug-likeness (QED) is 0.809. The molecule has 1 rings (SSSR count). The third-order valence-electron chi connectivity index (χ3n) is 1.50. The number of carbonyl (C=O) groups excluding carboxylic acids is 1. The Morgan fingerprint density at radius 3 is 2.50 bits per heavy atom. The first-order chi connectivity index (χ1) is 6.45. The first-order valence-corrected chi connectivity index (χ1v) is 4.09. The van der Waals surface area contributed by atoms with E-state index in [0.717, 1.165) is 6.20 Å². The number of halogens is 4. The summed E-state index contributed by atoms with van der Waals surface area (Å²) in [5, 5.41) is -1.81. The van der Waals surface area contributed by atoms with Crippen molar-refractivity contribution in [3.8, 4) is 0 Å². The Bertz CT molecular complexity index is 430. The van der Waals surface area contributed by atoms with Crippen LogP contribution in [0, 0.1) is 0 Å². The number of hydrogen-bond acceptors (Lipinski definition) is 2. The van der Waals surface area contributed by atoms with Gasteiger partial charge in [-0.15, -0.1) is 0 Å². The minimum absolute atomic E-state index is 0.494. The van der Waals surface area contributed by atoms with Crippen molar-refractivity contribution >= 4 is 28.4 Å². The van der Waals surface area contributed by atoms with Crippen molar-refractivity contribution in [2.24, 2.45) is 0 Å². The Labute approximate surface area is 86.6 Å². The highest BCUT2D eigenvalue weighted by atomic mass is 35.5. The molecule has 1 N–H and O–H groups in total. The molecule has 0 spiro atoms. The van der Waals surface area contributed by atoms with Crippen molar-refractivity contribution in [3.05, 3.63) is 32.7 Å². The molecule has 3 nitrogen and oxygen atoms in total. The van der Waals surface area contributed by atoms with Crippen LogP contribution < -0.4 is 5.56 Å². The Morgan fingerprint density at radius 2 is 2.07 bits per heavy atom. The summed E-state index contributed by atoms with van der Waals surface area (Å²) in [5.74, 6) is 0. The lowest BCUT2D eigenvalue weighted by molar-refractivity contribution is 0.106. The predicted octanol–water partition coefficient (Wildman–Crippen LogP) is 2.34. The number of aromatic amines is 1. The summed E-state index contributed by atoms with van der Waals surface area (Å²) < 4.78 is 24.8. The van der Waals surface area contributed by atoms with Gasteiger partial charge in [0.15, 0.2) is 0 Å². The topological polar surface area (TPSA) is 49.9 Å². The van der Waals surface area contributed by atoms with E-state index in [4.69, 9.17) is 23.2 Å². The van der Waals surface area contributed by atoms with Crippen LogP contribution in [0.2, 0.25) is 5.02 Å². The molecule has 0 radical (unpaired) electrons. The average Bonchev–Trinajstić information content (AvgIpc) is 2.08. The summed E-state index contributed by atoms with van der Waals surface area (Å²) in [6.45, 7) is 0. The molecule has 0 aromatic carbocycles. The van der Waals surface area contributed by atoms with Crippen LogP contribution in [0.4, 0.5) is 8.78 Å². The van der Waals surface area contributed by atoms with Gasteiger partial charge in [-0.2, -0.15) is 0 Å². The van der Waals surface area contributed by atoms with Gasteiger partial charge in [0.05, 0.1) is 11.1 Å². The van der Waals surface area contributed by atoms with Gasteiger partial charge in [-0.25, -0.2) is 8.78 Å². The van der Waals surface area contributed by atoms with Gasteiger partial charge in [0.1, 0.15) is 5.02 Å². The summed E-state index contributed by atoms with van der Waals surface area (Å²) in [6.07, 6.45) is -2.21. The standard InChI is InChI=1S/C7H3Cl2F2NO2/c8-4-3(6(10)11)2(5(9)13)1-12-7(4)14/h1,6H,(H,12,14). The van der Waals surface area contributed by atoms with Gasteiger partial charge in [0.2, 0.25) is 0 Å². The molecule has 0 aliphatic carbocycles. The molecule has 0 aliphatic heterocycles. The zero-order chi connectivity index (χ0) is 10.9. The first-order valence-electron chi connectivity index (χ1n) is 3.34. The van der Waals surface area contributed by atoms with Crippen LogP contribution in [0.15, 0.2) is 11.0 Å². The highest BCUT2D eigenvalue weighted by molar-refractivity contribution is 6.68. The largest absolute Gasteiger partial charge is 0.327 e. The Kier molecular flexibility index (Phi) is 3.23. The van der Waals surface area contributed by atoms with E-state index in [2.05, 4.69) is 0 Å². The van der Waals surface area contributed by atoms with E-state index in [1.165, 1.54) is 0 Å². The molecule has 0 bridgehead atoms. The fourth-order valence-corrected chi connectivity index (χ4v) is 1.29. The molecule has 7 heteroatoms. The molecule has 0 saturated heterocycles. The molecule has 0 saturated carbocycles. The molecule has 0 aliphatic rings. The molecule has 0 unspecified atom stereocenters. The lowest BCUT2D eigenvalue weighted by atomic mass is 10.1. The van der Waals surface area contributed by atoms with Gasteiger partial charge in [-0.05, 0) is 11.6 Å². The van der Waals surface area contributed by atoms with Gasteiger partial charge < -0.3 is 4.98 Å². The van der Waals surface area contributed by atoms with E-state index in [1.807, 2.05) is 4.98 Å². The minimum atomic E-state index is -3.03. The van der Waals surface area contributed by atoms with Crippen LogP contribution in [0.1, 0.15) is 22.3 Å².